The number of hydrogen-bond donors (Lipinski definition) is 0. The SMILES string of the molecule is CCC(C)CCCC(C)C/C=C/C(C)=C/C(=O)OC(C)CC. The lowest BCUT2D eigenvalue weighted by molar-refractivity contribution is -0.142. The molecule has 0 aromatic carbocycles. The van der Waals surface area contributed by atoms with E-state index < -0.39 is 0 Å². The van der Waals surface area contributed by atoms with E-state index in [-0.39, 0.29) is 12.1 Å². The van der Waals surface area contributed by atoms with Gasteiger partial charge >= 0.3 is 5.97 Å². The highest BCUT2D eigenvalue weighted by molar-refractivity contribution is 5.83. The third-order valence-corrected chi connectivity index (χ3v) is 4.25. The topological polar surface area (TPSA) is 26.3 Å². The Hall–Kier alpha value is -1.05. The minimum Gasteiger partial charge on any atom is -0.460 e. The molecule has 0 aliphatic heterocycles. The average Bonchev–Trinajstić information content (AvgIpc) is 2.46. The number of carbonyl (C=O) groups excluding carboxylic acids is 1. The third-order valence-electron chi connectivity index (χ3n) is 4.25. The smallest absolute Gasteiger partial charge is 0.331 e. The molecule has 0 bridgehead atoms. The zero-order valence-electron chi connectivity index (χ0n) is 15.5. The molecule has 0 heterocycles. The molecule has 3 unspecified atom stereocenters. The Kier molecular flexibility index (Phi) is 11.9. The van der Waals surface area contributed by atoms with Crippen molar-refractivity contribution in [2.75, 3.05) is 0 Å². The molecule has 0 spiro atoms. The summed E-state index contributed by atoms with van der Waals surface area (Å²) in [6.07, 6.45) is 12.9. The summed E-state index contributed by atoms with van der Waals surface area (Å²) in [5, 5.41) is 0. The highest BCUT2D eigenvalue weighted by atomic mass is 16.5. The van der Waals surface area contributed by atoms with Crippen molar-refractivity contribution in [3.05, 3.63) is 23.8 Å². The molecule has 0 fully saturated rings. The van der Waals surface area contributed by atoms with E-state index in [1.165, 1.54) is 25.7 Å². The van der Waals surface area contributed by atoms with Gasteiger partial charge in [0.15, 0.2) is 0 Å². The van der Waals surface area contributed by atoms with Gasteiger partial charge in [-0.3, -0.25) is 0 Å². The summed E-state index contributed by atoms with van der Waals surface area (Å²) in [4.78, 5) is 11.6. The van der Waals surface area contributed by atoms with Crippen molar-refractivity contribution < 1.29 is 9.53 Å². The van der Waals surface area contributed by atoms with Crippen LogP contribution in [0.15, 0.2) is 23.8 Å². The van der Waals surface area contributed by atoms with Crippen LogP contribution in [0.2, 0.25) is 0 Å². The molecular weight excluding hydrogens is 272 g/mol. The maximum Gasteiger partial charge on any atom is 0.331 e. The second-order valence-electron chi connectivity index (χ2n) is 6.73. The summed E-state index contributed by atoms with van der Waals surface area (Å²) in [7, 11) is 0. The minimum atomic E-state index is -0.238. The van der Waals surface area contributed by atoms with Crippen LogP contribution in [0.4, 0.5) is 0 Å². The molecule has 0 N–H and O–H groups in total. The predicted octanol–water partition coefficient (Wildman–Crippen LogP) is 6.07. The van der Waals surface area contributed by atoms with Crippen molar-refractivity contribution in [3.63, 3.8) is 0 Å². The maximum absolute atomic E-state index is 11.6. The molecule has 0 aromatic heterocycles. The lowest BCUT2D eigenvalue weighted by Crippen LogP contribution is -2.11. The van der Waals surface area contributed by atoms with E-state index in [4.69, 9.17) is 4.74 Å². The molecule has 0 rings (SSSR count). The summed E-state index contributed by atoms with van der Waals surface area (Å²) < 4.78 is 5.23. The molecule has 2 heteroatoms. The highest BCUT2D eigenvalue weighted by Gasteiger charge is 2.05. The molecule has 128 valence electrons. The summed E-state index contributed by atoms with van der Waals surface area (Å²) >= 11 is 0. The van der Waals surface area contributed by atoms with Crippen LogP contribution < -0.4 is 0 Å². The number of rotatable bonds is 11. The Bertz CT molecular complexity index is 355. The zero-order chi connectivity index (χ0) is 17.0. The third kappa shape index (κ3) is 11.6. The van der Waals surface area contributed by atoms with Crippen molar-refractivity contribution in [2.45, 2.75) is 86.2 Å². The molecule has 0 saturated heterocycles. The van der Waals surface area contributed by atoms with Crippen LogP contribution in [-0.2, 0) is 9.53 Å². The van der Waals surface area contributed by atoms with Crippen molar-refractivity contribution in [3.8, 4) is 0 Å². The fourth-order valence-electron chi connectivity index (χ4n) is 2.17. The lowest BCUT2D eigenvalue weighted by atomic mass is 9.95. The molecule has 22 heavy (non-hydrogen) atoms. The van der Waals surface area contributed by atoms with Gasteiger partial charge in [0.1, 0.15) is 0 Å². The van der Waals surface area contributed by atoms with Crippen LogP contribution in [0, 0.1) is 11.8 Å². The molecule has 0 amide bonds. The molecule has 0 radical (unpaired) electrons. The van der Waals surface area contributed by atoms with Gasteiger partial charge in [-0.1, -0.05) is 65.5 Å². The van der Waals surface area contributed by atoms with Crippen LogP contribution >= 0.6 is 0 Å². The van der Waals surface area contributed by atoms with Gasteiger partial charge in [0.25, 0.3) is 0 Å². The van der Waals surface area contributed by atoms with Crippen LogP contribution in [0.3, 0.4) is 0 Å². The van der Waals surface area contributed by atoms with Gasteiger partial charge in [-0.2, -0.15) is 0 Å². The first-order valence-corrected chi connectivity index (χ1v) is 8.94. The Balaban J connectivity index is 4.01. The van der Waals surface area contributed by atoms with Crippen molar-refractivity contribution >= 4 is 5.97 Å². The van der Waals surface area contributed by atoms with E-state index in [2.05, 4.69) is 26.8 Å². The van der Waals surface area contributed by atoms with E-state index in [9.17, 15) is 4.79 Å². The Morgan fingerprint density at radius 2 is 1.68 bits per heavy atom. The Morgan fingerprint density at radius 3 is 2.27 bits per heavy atom. The number of esters is 1. The van der Waals surface area contributed by atoms with Gasteiger partial charge in [-0.05, 0) is 44.1 Å². The molecular formula is C20H36O2. The van der Waals surface area contributed by atoms with Gasteiger partial charge in [-0.25, -0.2) is 4.79 Å². The summed E-state index contributed by atoms with van der Waals surface area (Å²) in [6, 6.07) is 0. The van der Waals surface area contributed by atoms with E-state index in [1.807, 2.05) is 26.8 Å². The quantitative estimate of drug-likeness (QED) is 0.263. The normalized spacial score (nSPS) is 16.5. The molecule has 0 aromatic rings. The number of hydrogen-bond acceptors (Lipinski definition) is 2. The fourth-order valence-corrected chi connectivity index (χ4v) is 2.17. The van der Waals surface area contributed by atoms with Crippen LogP contribution in [0.25, 0.3) is 0 Å². The minimum absolute atomic E-state index is 0.00827. The maximum atomic E-state index is 11.6. The van der Waals surface area contributed by atoms with Gasteiger partial charge in [-0.15, -0.1) is 0 Å². The van der Waals surface area contributed by atoms with Gasteiger partial charge < -0.3 is 4.74 Å². The number of allylic oxidation sites excluding steroid dienone is 3. The first-order valence-electron chi connectivity index (χ1n) is 8.94. The largest absolute Gasteiger partial charge is 0.460 e. The van der Waals surface area contributed by atoms with E-state index in [0.29, 0.717) is 5.92 Å². The predicted molar refractivity (Wildman–Crippen MR) is 95.8 cm³/mol. The summed E-state index contributed by atoms with van der Waals surface area (Å²) in [5.41, 5.74) is 0.958. The van der Waals surface area contributed by atoms with Gasteiger partial charge in [0.2, 0.25) is 0 Å². The van der Waals surface area contributed by atoms with Crippen molar-refractivity contribution in [1.82, 2.24) is 0 Å². The highest BCUT2D eigenvalue weighted by Crippen LogP contribution is 2.17. The van der Waals surface area contributed by atoms with Crippen LogP contribution in [0.5, 0.6) is 0 Å². The van der Waals surface area contributed by atoms with Crippen molar-refractivity contribution in [2.24, 2.45) is 11.8 Å². The van der Waals surface area contributed by atoms with Crippen LogP contribution in [0.1, 0.15) is 80.1 Å². The molecule has 0 aliphatic rings. The Labute approximate surface area is 138 Å². The molecule has 0 saturated carbocycles. The zero-order valence-corrected chi connectivity index (χ0v) is 15.5. The fraction of sp³-hybridized carbons (Fsp3) is 0.750. The second-order valence-corrected chi connectivity index (χ2v) is 6.73. The Morgan fingerprint density at radius 1 is 1.05 bits per heavy atom. The molecule has 2 nitrogen and oxygen atoms in total. The summed E-state index contributed by atoms with van der Waals surface area (Å²) in [6.45, 7) is 12.8. The van der Waals surface area contributed by atoms with E-state index in [1.54, 1.807) is 6.08 Å². The van der Waals surface area contributed by atoms with E-state index >= 15 is 0 Å². The molecule has 3 atom stereocenters. The average molecular weight is 309 g/mol. The van der Waals surface area contributed by atoms with Crippen LogP contribution in [-0.4, -0.2) is 12.1 Å². The lowest BCUT2D eigenvalue weighted by Gasteiger charge is -2.11. The van der Waals surface area contributed by atoms with E-state index in [0.717, 1.165) is 24.3 Å². The number of ether oxygens (including phenoxy) is 1. The van der Waals surface area contributed by atoms with Gasteiger partial charge in [0, 0.05) is 6.08 Å². The number of carbonyl (C=O) groups is 1. The first-order chi connectivity index (χ1) is 10.4. The monoisotopic (exact) mass is 308 g/mol. The summed E-state index contributed by atoms with van der Waals surface area (Å²) in [5.74, 6) is 1.32. The molecule has 0 aliphatic carbocycles. The first kappa shape index (κ1) is 20.9. The standard InChI is InChI=1S/C20H36O2/c1-7-16(3)11-9-12-17(4)13-10-14-18(5)15-20(21)22-19(6)8-2/h10,14-17,19H,7-9,11-13H2,1-6H3/b14-10+,18-15+. The van der Waals surface area contributed by atoms with Gasteiger partial charge in [0.05, 0.1) is 6.10 Å². The van der Waals surface area contributed by atoms with Crippen molar-refractivity contribution in [1.29, 1.82) is 0 Å². The second kappa shape index (κ2) is 12.5.